The summed E-state index contributed by atoms with van der Waals surface area (Å²) in [6.07, 6.45) is 5.32. The van der Waals surface area contributed by atoms with Crippen LogP contribution in [-0.2, 0) is 0 Å². The number of anilines is 3. The number of hydrogen-bond donors (Lipinski definition) is 3. The Balaban J connectivity index is 1.55. The third kappa shape index (κ3) is 5.31. The number of nitrogens with zero attached hydrogens (tertiary/aromatic N) is 3. The maximum Gasteiger partial charge on any atom is 0.181 e. The summed E-state index contributed by atoms with van der Waals surface area (Å²) < 4.78 is 0. The lowest BCUT2D eigenvalue weighted by Crippen LogP contribution is -2.43. The molecule has 1 atom stereocenters. The summed E-state index contributed by atoms with van der Waals surface area (Å²) in [5.74, 6) is 0.249. The van der Waals surface area contributed by atoms with Gasteiger partial charge < -0.3 is 21.1 Å². The third-order valence-corrected chi connectivity index (χ3v) is 7.26. The zero-order valence-corrected chi connectivity index (χ0v) is 22.0. The van der Waals surface area contributed by atoms with Crippen LogP contribution >= 0.6 is 34.8 Å². The van der Waals surface area contributed by atoms with Crippen molar-refractivity contribution in [2.24, 2.45) is 5.73 Å². The second-order valence-electron chi connectivity index (χ2n) is 9.00. The molecule has 0 spiro atoms. The summed E-state index contributed by atoms with van der Waals surface area (Å²) in [6.45, 7) is 1.70. The molecule has 5 rings (SSSR count). The van der Waals surface area contributed by atoms with Crippen LogP contribution in [0.3, 0.4) is 0 Å². The van der Waals surface area contributed by atoms with E-state index in [4.69, 9.17) is 40.5 Å². The number of carbonyl (C=O) groups is 1. The van der Waals surface area contributed by atoms with Gasteiger partial charge in [0.05, 0.1) is 44.6 Å². The highest BCUT2D eigenvalue weighted by atomic mass is 35.5. The van der Waals surface area contributed by atoms with Crippen molar-refractivity contribution in [1.29, 1.82) is 0 Å². The van der Waals surface area contributed by atoms with E-state index < -0.39 is 0 Å². The fourth-order valence-electron chi connectivity index (χ4n) is 4.53. The molecular weight excluding hydrogens is 533 g/mol. The van der Waals surface area contributed by atoms with Crippen molar-refractivity contribution < 1.29 is 9.90 Å². The van der Waals surface area contributed by atoms with E-state index in [2.05, 4.69) is 20.2 Å². The molecule has 0 unspecified atom stereocenters. The molecule has 0 aliphatic carbocycles. The molecule has 1 fully saturated rings. The van der Waals surface area contributed by atoms with Gasteiger partial charge in [0.1, 0.15) is 5.82 Å². The van der Waals surface area contributed by atoms with E-state index in [0.717, 1.165) is 37.3 Å². The Morgan fingerprint density at radius 2 is 1.86 bits per heavy atom. The highest BCUT2D eigenvalue weighted by Crippen LogP contribution is 2.38. The monoisotopic (exact) mass is 555 g/mol. The number of hydrogen-bond acceptors (Lipinski definition) is 7. The number of carbonyl (C=O) groups excluding carboxylic acids is 1. The molecule has 4 N–H and O–H groups in total. The highest BCUT2D eigenvalue weighted by molar-refractivity contribution is 6.37. The van der Waals surface area contributed by atoms with E-state index in [0.29, 0.717) is 33.4 Å². The molecule has 7 nitrogen and oxygen atoms in total. The number of benzene rings is 2. The molecule has 3 heterocycles. The van der Waals surface area contributed by atoms with E-state index in [-0.39, 0.29) is 33.5 Å². The number of pyridine rings is 2. The number of Topliss-reactive ketones (excluding diaryl/α,β-unsaturated/α-hetero) is 1. The predicted octanol–water partition coefficient (Wildman–Crippen LogP) is 6.40. The first-order chi connectivity index (χ1) is 17.8. The van der Waals surface area contributed by atoms with E-state index in [1.165, 1.54) is 6.20 Å². The van der Waals surface area contributed by atoms with Gasteiger partial charge in [-0.1, -0.05) is 29.3 Å². The molecule has 1 saturated heterocycles. The summed E-state index contributed by atoms with van der Waals surface area (Å²) in [5.41, 5.74) is 9.95. The number of phenols is 1. The lowest BCUT2D eigenvalue weighted by atomic mass is 10.00. The SMILES string of the molecule is N[C@H]1CCCN(c2ccc(Nc3c(C(=O)CCl)cnc4ccc(-c5cc(Cl)c(O)c(Cl)c5)cc34)cn2)C1. The largest absolute Gasteiger partial charge is 0.505 e. The quantitative estimate of drug-likeness (QED) is 0.186. The first-order valence-electron chi connectivity index (χ1n) is 11.8. The van der Waals surface area contributed by atoms with Crippen molar-refractivity contribution in [2.45, 2.75) is 18.9 Å². The van der Waals surface area contributed by atoms with Crippen LogP contribution in [0.5, 0.6) is 5.75 Å². The predicted molar refractivity (Wildman–Crippen MR) is 151 cm³/mol. The van der Waals surface area contributed by atoms with Gasteiger partial charge in [0.2, 0.25) is 0 Å². The number of fused-ring (bicyclic) bond motifs is 1. The zero-order valence-electron chi connectivity index (χ0n) is 19.7. The second kappa shape index (κ2) is 10.7. The number of piperidine rings is 1. The van der Waals surface area contributed by atoms with Crippen LogP contribution < -0.4 is 16.0 Å². The number of aromatic nitrogens is 2. The first-order valence-corrected chi connectivity index (χ1v) is 13.1. The minimum Gasteiger partial charge on any atom is -0.505 e. The molecule has 0 amide bonds. The van der Waals surface area contributed by atoms with Gasteiger partial charge in [-0.05, 0) is 60.4 Å². The van der Waals surface area contributed by atoms with Crippen molar-refractivity contribution in [1.82, 2.24) is 9.97 Å². The Morgan fingerprint density at radius 3 is 2.54 bits per heavy atom. The fourth-order valence-corrected chi connectivity index (χ4v) is 5.16. The average Bonchev–Trinajstić information content (AvgIpc) is 2.91. The van der Waals surface area contributed by atoms with Crippen LogP contribution in [0.25, 0.3) is 22.0 Å². The number of halogens is 3. The van der Waals surface area contributed by atoms with Crippen LogP contribution in [0.1, 0.15) is 23.2 Å². The Hall–Kier alpha value is -3.10. The minimum atomic E-state index is -0.258. The number of alkyl halides is 1. The summed E-state index contributed by atoms with van der Waals surface area (Å²) in [4.78, 5) is 24.0. The van der Waals surface area contributed by atoms with E-state index in [1.807, 2.05) is 30.3 Å². The summed E-state index contributed by atoms with van der Waals surface area (Å²) in [7, 11) is 0. The van der Waals surface area contributed by atoms with Crippen LogP contribution in [-0.4, -0.2) is 45.9 Å². The molecule has 1 aliphatic rings. The molecule has 1 aliphatic heterocycles. The van der Waals surface area contributed by atoms with Gasteiger partial charge in [-0.2, -0.15) is 0 Å². The van der Waals surface area contributed by atoms with Crippen LogP contribution in [0.2, 0.25) is 10.0 Å². The Morgan fingerprint density at radius 1 is 1.08 bits per heavy atom. The summed E-state index contributed by atoms with van der Waals surface area (Å²) in [6, 6.07) is 12.9. The smallest absolute Gasteiger partial charge is 0.181 e. The second-order valence-corrected chi connectivity index (χ2v) is 10.1. The van der Waals surface area contributed by atoms with Crippen LogP contribution in [0.4, 0.5) is 17.2 Å². The van der Waals surface area contributed by atoms with E-state index in [1.54, 1.807) is 18.3 Å². The lowest BCUT2D eigenvalue weighted by Gasteiger charge is -2.31. The van der Waals surface area contributed by atoms with Crippen molar-refractivity contribution >= 4 is 68.7 Å². The van der Waals surface area contributed by atoms with Crippen molar-refractivity contribution in [3.05, 3.63) is 70.5 Å². The van der Waals surface area contributed by atoms with Crippen molar-refractivity contribution in [2.75, 3.05) is 29.2 Å². The zero-order chi connectivity index (χ0) is 26.1. The third-order valence-electron chi connectivity index (χ3n) is 6.44. The van der Waals surface area contributed by atoms with E-state index >= 15 is 0 Å². The first kappa shape index (κ1) is 25.5. The Bertz CT molecular complexity index is 1460. The molecule has 2 aromatic carbocycles. The number of ketones is 1. The Labute approximate surface area is 229 Å². The summed E-state index contributed by atoms with van der Waals surface area (Å²) in [5, 5.41) is 14.3. The lowest BCUT2D eigenvalue weighted by molar-refractivity contribution is 0.102. The number of nitrogens with one attached hydrogen (secondary N) is 1. The average molecular weight is 557 g/mol. The molecule has 190 valence electrons. The fraction of sp³-hybridized carbons (Fsp3) is 0.222. The molecule has 10 heteroatoms. The maximum absolute atomic E-state index is 12.7. The molecule has 2 aromatic heterocycles. The number of aromatic hydroxyl groups is 1. The van der Waals surface area contributed by atoms with Crippen LogP contribution in [0.15, 0.2) is 54.9 Å². The molecule has 0 radical (unpaired) electrons. The van der Waals surface area contributed by atoms with Gasteiger partial charge in [0.25, 0.3) is 0 Å². The number of phenolic OH excluding ortho intramolecular Hbond substituents is 1. The molecule has 4 aromatic rings. The van der Waals surface area contributed by atoms with Gasteiger partial charge in [-0.3, -0.25) is 9.78 Å². The summed E-state index contributed by atoms with van der Waals surface area (Å²) >= 11 is 18.2. The van der Waals surface area contributed by atoms with Crippen molar-refractivity contribution in [3.8, 4) is 16.9 Å². The topological polar surface area (TPSA) is 104 Å². The number of rotatable bonds is 6. The molecule has 0 bridgehead atoms. The standard InChI is InChI=1S/C27H24Cl3N5O2/c28-11-24(36)20-13-32-23-5-3-15(16-9-21(29)27(37)22(30)10-16)8-19(23)26(20)34-18-4-6-25(33-12-18)35-7-1-2-17(31)14-35/h3-6,8-10,12-13,17,37H,1-2,7,11,14,31H2,(H,32,34)/t17-/m0/s1. The van der Waals surface area contributed by atoms with Gasteiger partial charge >= 0.3 is 0 Å². The van der Waals surface area contributed by atoms with Crippen LogP contribution in [0, 0.1) is 0 Å². The molecule has 0 saturated carbocycles. The minimum absolute atomic E-state index is 0.144. The molecule has 37 heavy (non-hydrogen) atoms. The van der Waals surface area contributed by atoms with Gasteiger partial charge in [0.15, 0.2) is 11.5 Å². The van der Waals surface area contributed by atoms with E-state index in [9.17, 15) is 9.90 Å². The van der Waals surface area contributed by atoms with Crippen molar-refractivity contribution in [3.63, 3.8) is 0 Å². The van der Waals surface area contributed by atoms with Gasteiger partial charge in [-0.25, -0.2) is 4.98 Å². The Kier molecular flexibility index (Phi) is 7.40. The molecular formula is C27H24Cl3N5O2. The van der Waals surface area contributed by atoms with Gasteiger partial charge in [-0.15, -0.1) is 11.6 Å². The van der Waals surface area contributed by atoms with Gasteiger partial charge in [0, 0.05) is 30.7 Å². The highest BCUT2D eigenvalue weighted by Gasteiger charge is 2.19. The number of nitrogens with two attached hydrogens (primary N) is 1. The maximum atomic E-state index is 12.7. The normalized spacial score (nSPS) is 15.7.